The van der Waals surface area contributed by atoms with Crippen LogP contribution in [0.2, 0.25) is 5.02 Å². The van der Waals surface area contributed by atoms with E-state index in [1.54, 1.807) is 0 Å². The highest BCUT2D eigenvalue weighted by molar-refractivity contribution is 6.32. The van der Waals surface area contributed by atoms with Gasteiger partial charge in [0.1, 0.15) is 11.1 Å². The summed E-state index contributed by atoms with van der Waals surface area (Å²) in [6, 6.07) is 22.3. The number of hydrogen-bond donors (Lipinski definition) is 2. The van der Waals surface area contributed by atoms with Crippen molar-refractivity contribution in [2.45, 2.75) is 18.9 Å². The van der Waals surface area contributed by atoms with Crippen LogP contribution in [0.5, 0.6) is 0 Å². The molecular formula is C26H25ClN4O4. The molecule has 1 atom stereocenters. The third-order valence-corrected chi connectivity index (χ3v) is 6.40. The largest absolute Gasteiger partial charge is 0.326 e. The summed E-state index contributed by atoms with van der Waals surface area (Å²) < 4.78 is 0. The van der Waals surface area contributed by atoms with Crippen molar-refractivity contribution >= 4 is 40.5 Å². The zero-order valence-corrected chi connectivity index (χ0v) is 19.6. The van der Waals surface area contributed by atoms with Gasteiger partial charge in [-0.15, -0.1) is 0 Å². The molecule has 0 radical (unpaired) electrons. The summed E-state index contributed by atoms with van der Waals surface area (Å²) in [7, 11) is 0. The summed E-state index contributed by atoms with van der Waals surface area (Å²) in [6.07, 6.45) is 1.23. The SMILES string of the molecule is O=C(Nc1ccccc1)C1CCN(C(C(=O)Nc2ccc(Cl)c([N+](=O)[O-])c2)c2ccccc2)CC1. The molecule has 0 aliphatic carbocycles. The lowest BCUT2D eigenvalue weighted by molar-refractivity contribution is -0.384. The lowest BCUT2D eigenvalue weighted by Crippen LogP contribution is -2.44. The first-order chi connectivity index (χ1) is 16.9. The number of nitrogens with one attached hydrogen (secondary N) is 2. The van der Waals surface area contributed by atoms with Crippen LogP contribution in [-0.2, 0) is 9.59 Å². The fourth-order valence-electron chi connectivity index (χ4n) is 4.29. The van der Waals surface area contributed by atoms with Gasteiger partial charge in [0.2, 0.25) is 11.8 Å². The third kappa shape index (κ3) is 6.03. The van der Waals surface area contributed by atoms with Gasteiger partial charge in [-0.3, -0.25) is 24.6 Å². The Hall–Kier alpha value is -3.75. The van der Waals surface area contributed by atoms with Crippen LogP contribution >= 0.6 is 11.6 Å². The van der Waals surface area contributed by atoms with Crippen LogP contribution in [0.15, 0.2) is 78.9 Å². The Bertz CT molecular complexity index is 1200. The Morgan fingerprint density at radius 3 is 2.17 bits per heavy atom. The number of rotatable bonds is 7. The number of carbonyl (C=O) groups is 2. The van der Waals surface area contributed by atoms with Crippen LogP contribution in [0.3, 0.4) is 0 Å². The smallest absolute Gasteiger partial charge is 0.289 e. The number of nitro groups is 1. The van der Waals surface area contributed by atoms with E-state index in [1.807, 2.05) is 65.6 Å². The van der Waals surface area contributed by atoms with Crippen LogP contribution in [0.25, 0.3) is 0 Å². The van der Waals surface area contributed by atoms with Crippen molar-refractivity contribution in [3.63, 3.8) is 0 Å². The quantitative estimate of drug-likeness (QED) is 0.345. The number of piperidine rings is 1. The van der Waals surface area contributed by atoms with Gasteiger partial charge in [-0.05, 0) is 55.8 Å². The van der Waals surface area contributed by atoms with E-state index < -0.39 is 11.0 Å². The second-order valence-electron chi connectivity index (χ2n) is 8.39. The van der Waals surface area contributed by atoms with E-state index >= 15 is 0 Å². The highest BCUT2D eigenvalue weighted by atomic mass is 35.5. The predicted molar refractivity (Wildman–Crippen MR) is 135 cm³/mol. The summed E-state index contributed by atoms with van der Waals surface area (Å²) in [5.41, 5.74) is 1.59. The van der Waals surface area contributed by atoms with Gasteiger partial charge in [-0.1, -0.05) is 60.1 Å². The maximum absolute atomic E-state index is 13.4. The molecule has 1 fully saturated rings. The molecular weight excluding hydrogens is 468 g/mol. The topological polar surface area (TPSA) is 105 Å². The van der Waals surface area contributed by atoms with Crippen molar-refractivity contribution in [3.8, 4) is 0 Å². The minimum absolute atomic E-state index is 0.00320. The molecule has 0 spiro atoms. The molecule has 1 heterocycles. The van der Waals surface area contributed by atoms with Gasteiger partial charge in [0.15, 0.2) is 0 Å². The molecule has 0 aromatic heterocycles. The van der Waals surface area contributed by atoms with Crippen molar-refractivity contribution in [2.24, 2.45) is 5.92 Å². The molecule has 4 rings (SSSR count). The third-order valence-electron chi connectivity index (χ3n) is 6.08. The lowest BCUT2D eigenvalue weighted by Gasteiger charge is -2.36. The fraction of sp³-hybridized carbons (Fsp3) is 0.231. The van der Waals surface area contributed by atoms with E-state index in [9.17, 15) is 19.7 Å². The summed E-state index contributed by atoms with van der Waals surface area (Å²) in [6.45, 7) is 1.11. The van der Waals surface area contributed by atoms with Crippen molar-refractivity contribution < 1.29 is 14.5 Å². The van der Waals surface area contributed by atoms with E-state index in [4.69, 9.17) is 11.6 Å². The maximum Gasteiger partial charge on any atom is 0.289 e. The van der Waals surface area contributed by atoms with Crippen LogP contribution in [0.1, 0.15) is 24.4 Å². The van der Waals surface area contributed by atoms with Gasteiger partial charge in [-0.25, -0.2) is 0 Å². The number of carbonyl (C=O) groups excluding carboxylic acids is 2. The first kappa shape index (κ1) is 24.4. The molecule has 8 nitrogen and oxygen atoms in total. The number of benzene rings is 3. The highest BCUT2D eigenvalue weighted by Gasteiger charge is 2.33. The van der Waals surface area contributed by atoms with E-state index in [-0.39, 0.29) is 28.4 Å². The number of anilines is 2. The van der Waals surface area contributed by atoms with Crippen molar-refractivity contribution in [2.75, 3.05) is 23.7 Å². The maximum atomic E-state index is 13.4. The van der Waals surface area contributed by atoms with Crippen LogP contribution in [0, 0.1) is 16.0 Å². The number of likely N-dealkylation sites (tertiary alicyclic amines) is 1. The molecule has 2 N–H and O–H groups in total. The van der Waals surface area contributed by atoms with Crippen molar-refractivity contribution in [3.05, 3.63) is 99.6 Å². The molecule has 35 heavy (non-hydrogen) atoms. The minimum atomic E-state index is -0.607. The Balaban J connectivity index is 1.47. The van der Waals surface area contributed by atoms with Crippen molar-refractivity contribution in [1.29, 1.82) is 0 Å². The molecule has 1 aliphatic heterocycles. The van der Waals surface area contributed by atoms with Crippen LogP contribution in [0.4, 0.5) is 17.1 Å². The Kier molecular flexibility index (Phi) is 7.74. The van der Waals surface area contributed by atoms with Gasteiger partial charge in [0, 0.05) is 23.4 Å². The average Bonchev–Trinajstić information content (AvgIpc) is 2.87. The first-order valence-electron chi connectivity index (χ1n) is 11.3. The van der Waals surface area contributed by atoms with Gasteiger partial charge >= 0.3 is 0 Å². The van der Waals surface area contributed by atoms with Gasteiger partial charge in [0.05, 0.1) is 4.92 Å². The number of halogens is 1. The molecule has 1 saturated heterocycles. The molecule has 2 amide bonds. The van der Waals surface area contributed by atoms with E-state index in [0.717, 1.165) is 11.3 Å². The van der Waals surface area contributed by atoms with E-state index in [2.05, 4.69) is 10.6 Å². The van der Waals surface area contributed by atoms with Crippen molar-refractivity contribution in [1.82, 2.24) is 4.90 Å². The normalized spacial score (nSPS) is 15.2. The highest BCUT2D eigenvalue weighted by Crippen LogP contribution is 2.31. The Morgan fingerprint density at radius 2 is 1.54 bits per heavy atom. The Labute approximate surface area is 208 Å². The molecule has 1 aliphatic rings. The monoisotopic (exact) mass is 492 g/mol. The second-order valence-corrected chi connectivity index (χ2v) is 8.80. The summed E-state index contributed by atoms with van der Waals surface area (Å²) in [4.78, 5) is 38.8. The molecule has 0 bridgehead atoms. The fourth-order valence-corrected chi connectivity index (χ4v) is 4.48. The van der Waals surface area contributed by atoms with Crippen LogP contribution < -0.4 is 10.6 Å². The molecule has 3 aromatic carbocycles. The molecule has 0 saturated carbocycles. The van der Waals surface area contributed by atoms with E-state index in [0.29, 0.717) is 31.6 Å². The summed E-state index contributed by atoms with van der Waals surface area (Å²) in [5, 5.41) is 17.0. The summed E-state index contributed by atoms with van der Waals surface area (Å²) in [5.74, 6) is -0.477. The predicted octanol–water partition coefficient (Wildman–Crippen LogP) is 5.28. The zero-order chi connectivity index (χ0) is 24.8. The lowest BCUT2D eigenvalue weighted by atomic mass is 9.93. The van der Waals surface area contributed by atoms with Crippen LogP contribution in [-0.4, -0.2) is 34.7 Å². The average molecular weight is 493 g/mol. The number of hydrogen-bond acceptors (Lipinski definition) is 5. The number of amides is 2. The summed E-state index contributed by atoms with van der Waals surface area (Å²) >= 11 is 5.90. The van der Waals surface area contributed by atoms with Gasteiger partial charge in [-0.2, -0.15) is 0 Å². The molecule has 180 valence electrons. The molecule has 3 aromatic rings. The molecule has 1 unspecified atom stereocenters. The van der Waals surface area contributed by atoms with Gasteiger partial charge < -0.3 is 10.6 Å². The minimum Gasteiger partial charge on any atom is -0.326 e. The standard InChI is InChI=1S/C26H25ClN4O4/c27-22-12-11-21(17-23(22)31(34)35)29-26(33)24(18-7-3-1-4-8-18)30-15-13-19(14-16-30)25(32)28-20-9-5-2-6-10-20/h1-12,17,19,24H,13-16H2,(H,28,32)(H,29,33). The first-order valence-corrected chi connectivity index (χ1v) is 11.7. The molecule has 9 heteroatoms. The number of nitrogens with zero attached hydrogens (tertiary/aromatic N) is 2. The zero-order valence-electron chi connectivity index (χ0n) is 18.9. The van der Waals surface area contributed by atoms with E-state index in [1.165, 1.54) is 18.2 Å². The van der Waals surface area contributed by atoms with Gasteiger partial charge in [0.25, 0.3) is 5.69 Å². The Morgan fingerprint density at radius 1 is 0.914 bits per heavy atom. The number of nitro benzene ring substituents is 1. The number of para-hydroxylation sites is 1. The second kappa shape index (κ2) is 11.1.